The van der Waals surface area contributed by atoms with Gasteiger partial charge in [-0.25, -0.2) is 5.14 Å². The second-order valence-corrected chi connectivity index (χ2v) is 6.38. The van der Waals surface area contributed by atoms with Crippen molar-refractivity contribution in [1.82, 2.24) is 4.31 Å². The second kappa shape index (κ2) is 5.34. The van der Waals surface area contributed by atoms with Crippen molar-refractivity contribution in [3.05, 3.63) is 35.4 Å². The molecule has 0 aliphatic carbocycles. The predicted molar refractivity (Wildman–Crippen MR) is 68.1 cm³/mol. The first-order chi connectivity index (χ1) is 9.18. The highest BCUT2D eigenvalue weighted by Gasteiger charge is 2.31. The van der Waals surface area contributed by atoms with Crippen LogP contribution >= 0.6 is 0 Å². The van der Waals surface area contributed by atoms with Crippen LogP contribution in [0.3, 0.4) is 0 Å². The van der Waals surface area contributed by atoms with Crippen molar-refractivity contribution < 1.29 is 21.6 Å². The average molecular weight is 308 g/mol. The van der Waals surface area contributed by atoms with E-state index in [0.717, 1.165) is 17.7 Å². The van der Waals surface area contributed by atoms with Gasteiger partial charge in [0.2, 0.25) is 0 Å². The molecule has 2 N–H and O–H groups in total. The number of nitrogens with two attached hydrogens (primary N) is 1. The lowest BCUT2D eigenvalue weighted by Gasteiger charge is -2.30. The molecule has 1 aromatic rings. The Kier molecular flexibility index (Phi) is 4.08. The van der Waals surface area contributed by atoms with Crippen molar-refractivity contribution in [1.29, 1.82) is 0 Å². The maximum Gasteiger partial charge on any atom is 0.416 e. The summed E-state index contributed by atoms with van der Waals surface area (Å²) in [7, 11) is -3.67. The zero-order chi connectivity index (χ0) is 15.0. The van der Waals surface area contributed by atoms with E-state index in [4.69, 9.17) is 5.14 Å². The molecule has 0 bridgehead atoms. The molecule has 8 heteroatoms. The molecule has 112 valence electrons. The van der Waals surface area contributed by atoms with Gasteiger partial charge in [0.25, 0.3) is 10.2 Å². The first-order valence-electron chi connectivity index (χ1n) is 6.13. The molecule has 0 radical (unpaired) electrons. The summed E-state index contributed by atoms with van der Waals surface area (Å²) in [5, 5.41) is 5.04. The van der Waals surface area contributed by atoms with Gasteiger partial charge in [0.1, 0.15) is 0 Å². The summed E-state index contributed by atoms with van der Waals surface area (Å²) < 4.78 is 60.9. The summed E-state index contributed by atoms with van der Waals surface area (Å²) >= 11 is 0. The summed E-state index contributed by atoms with van der Waals surface area (Å²) in [6.07, 6.45) is -3.22. The van der Waals surface area contributed by atoms with Gasteiger partial charge in [0.15, 0.2) is 0 Å². The maximum atomic E-state index is 12.5. The molecule has 0 amide bonds. The van der Waals surface area contributed by atoms with E-state index >= 15 is 0 Å². The van der Waals surface area contributed by atoms with Crippen LogP contribution in [0.5, 0.6) is 0 Å². The van der Waals surface area contributed by atoms with E-state index in [-0.39, 0.29) is 5.92 Å². The Morgan fingerprint density at radius 3 is 2.00 bits per heavy atom. The van der Waals surface area contributed by atoms with Gasteiger partial charge in [-0.15, -0.1) is 0 Å². The standard InChI is InChI=1S/C12H15F3N2O2S/c13-12(14,15)11-3-1-9(2-4-11)10-5-7-17(8-6-10)20(16,18)19/h1-4,10H,5-8H2,(H2,16,18,19). The Morgan fingerprint density at radius 1 is 1.10 bits per heavy atom. The minimum Gasteiger partial charge on any atom is -0.216 e. The van der Waals surface area contributed by atoms with Crippen molar-refractivity contribution in [2.75, 3.05) is 13.1 Å². The maximum absolute atomic E-state index is 12.5. The zero-order valence-electron chi connectivity index (χ0n) is 10.6. The van der Waals surface area contributed by atoms with Crippen LogP contribution < -0.4 is 5.14 Å². The predicted octanol–water partition coefficient (Wildman–Crippen LogP) is 2.09. The summed E-state index contributed by atoms with van der Waals surface area (Å²) in [6, 6.07) is 5.03. The third kappa shape index (κ3) is 3.50. The fourth-order valence-electron chi connectivity index (χ4n) is 2.39. The van der Waals surface area contributed by atoms with Gasteiger partial charge in [-0.3, -0.25) is 0 Å². The third-order valence-electron chi connectivity index (χ3n) is 3.52. The lowest BCUT2D eigenvalue weighted by molar-refractivity contribution is -0.137. The number of hydrogen-bond acceptors (Lipinski definition) is 2. The Balaban J connectivity index is 2.04. The average Bonchev–Trinajstić information content (AvgIpc) is 2.37. The Hall–Kier alpha value is -1.12. The van der Waals surface area contributed by atoms with Crippen LogP contribution in [0, 0.1) is 0 Å². The topological polar surface area (TPSA) is 63.4 Å². The molecular weight excluding hydrogens is 293 g/mol. The van der Waals surface area contributed by atoms with E-state index in [1.165, 1.54) is 16.4 Å². The number of piperidine rings is 1. The van der Waals surface area contributed by atoms with Crippen LogP contribution in [0.25, 0.3) is 0 Å². The van der Waals surface area contributed by atoms with Gasteiger partial charge >= 0.3 is 6.18 Å². The Bertz CT molecular complexity index is 561. The fourth-order valence-corrected chi connectivity index (χ4v) is 3.11. The molecule has 1 fully saturated rings. The fraction of sp³-hybridized carbons (Fsp3) is 0.500. The van der Waals surface area contributed by atoms with Gasteiger partial charge in [0.05, 0.1) is 5.56 Å². The van der Waals surface area contributed by atoms with Gasteiger partial charge in [-0.2, -0.15) is 25.9 Å². The van der Waals surface area contributed by atoms with Crippen molar-refractivity contribution in [3.63, 3.8) is 0 Å². The molecule has 0 saturated carbocycles. The molecule has 1 heterocycles. The van der Waals surface area contributed by atoms with Crippen LogP contribution in [0.4, 0.5) is 13.2 Å². The van der Waals surface area contributed by atoms with E-state index in [9.17, 15) is 21.6 Å². The first kappa shape index (κ1) is 15.3. The molecule has 0 atom stereocenters. The molecule has 0 spiro atoms. The summed E-state index contributed by atoms with van der Waals surface area (Å²) in [5.41, 5.74) is 0.121. The smallest absolute Gasteiger partial charge is 0.216 e. The summed E-state index contributed by atoms with van der Waals surface area (Å²) in [5.74, 6) is 0.0651. The second-order valence-electron chi connectivity index (χ2n) is 4.84. The quantitative estimate of drug-likeness (QED) is 0.909. The normalized spacial score (nSPS) is 19.2. The number of rotatable bonds is 2. The summed E-state index contributed by atoms with van der Waals surface area (Å²) in [6.45, 7) is 0.592. The third-order valence-corrected chi connectivity index (χ3v) is 4.61. The van der Waals surface area contributed by atoms with Crippen LogP contribution in [-0.2, 0) is 16.4 Å². The highest BCUT2D eigenvalue weighted by atomic mass is 32.2. The van der Waals surface area contributed by atoms with Crippen LogP contribution in [0.2, 0.25) is 0 Å². The van der Waals surface area contributed by atoms with Crippen molar-refractivity contribution >= 4 is 10.2 Å². The summed E-state index contributed by atoms with van der Waals surface area (Å²) in [4.78, 5) is 0. The number of benzene rings is 1. The largest absolute Gasteiger partial charge is 0.416 e. The van der Waals surface area contributed by atoms with Gasteiger partial charge in [-0.05, 0) is 36.5 Å². The highest BCUT2D eigenvalue weighted by molar-refractivity contribution is 7.86. The molecule has 2 rings (SSSR count). The van der Waals surface area contributed by atoms with E-state index in [2.05, 4.69) is 0 Å². The van der Waals surface area contributed by atoms with E-state index in [0.29, 0.717) is 25.9 Å². The minimum atomic E-state index is -4.34. The molecule has 0 unspecified atom stereocenters. The van der Waals surface area contributed by atoms with E-state index in [1.54, 1.807) is 0 Å². The molecule has 1 aliphatic rings. The molecule has 0 aromatic heterocycles. The molecule has 1 aromatic carbocycles. The van der Waals surface area contributed by atoms with Crippen LogP contribution in [0.1, 0.15) is 29.9 Å². The molecule has 20 heavy (non-hydrogen) atoms. The molecule has 1 saturated heterocycles. The van der Waals surface area contributed by atoms with Gasteiger partial charge < -0.3 is 0 Å². The molecule has 4 nitrogen and oxygen atoms in total. The SMILES string of the molecule is NS(=O)(=O)N1CCC(c2ccc(C(F)(F)F)cc2)CC1. The first-order valence-corrected chi connectivity index (χ1v) is 7.63. The van der Waals surface area contributed by atoms with Gasteiger partial charge in [-0.1, -0.05) is 12.1 Å². The lowest BCUT2D eigenvalue weighted by Crippen LogP contribution is -2.41. The zero-order valence-corrected chi connectivity index (χ0v) is 11.4. The lowest BCUT2D eigenvalue weighted by atomic mass is 9.90. The highest BCUT2D eigenvalue weighted by Crippen LogP contribution is 2.33. The number of halogens is 3. The van der Waals surface area contributed by atoms with Crippen LogP contribution in [0.15, 0.2) is 24.3 Å². The number of alkyl halides is 3. The molecule has 1 aliphatic heterocycles. The minimum absolute atomic E-state index is 0.0651. The van der Waals surface area contributed by atoms with Crippen molar-refractivity contribution in [2.24, 2.45) is 5.14 Å². The number of hydrogen-bond donors (Lipinski definition) is 1. The van der Waals surface area contributed by atoms with Crippen LogP contribution in [-0.4, -0.2) is 25.8 Å². The van der Waals surface area contributed by atoms with Crippen molar-refractivity contribution in [3.8, 4) is 0 Å². The van der Waals surface area contributed by atoms with Crippen molar-refractivity contribution in [2.45, 2.75) is 24.9 Å². The van der Waals surface area contributed by atoms with E-state index < -0.39 is 21.9 Å². The Morgan fingerprint density at radius 2 is 1.60 bits per heavy atom. The number of nitrogens with zero attached hydrogens (tertiary/aromatic N) is 1. The van der Waals surface area contributed by atoms with Gasteiger partial charge in [0, 0.05) is 13.1 Å². The van der Waals surface area contributed by atoms with E-state index in [1.807, 2.05) is 0 Å². The Labute approximate surface area is 115 Å². The molecular formula is C12H15F3N2O2S. The monoisotopic (exact) mass is 308 g/mol.